The van der Waals surface area contributed by atoms with Crippen LogP contribution in [0.4, 0.5) is 10.1 Å². The van der Waals surface area contributed by atoms with Gasteiger partial charge in [-0.15, -0.1) is 11.3 Å². The summed E-state index contributed by atoms with van der Waals surface area (Å²) in [6.07, 6.45) is 0. The van der Waals surface area contributed by atoms with E-state index in [4.69, 9.17) is 9.97 Å². The molecule has 8 heteroatoms. The Labute approximate surface area is 193 Å². The lowest BCUT2D eigenvalue weighted by Gasteiger charge is -2.36. The van der Waals surface area contributed by atoms with Gasteiger partial charge in [-0.3, -0.25) is 4.79 Å². The molecule has 0 atom stereocenters. The highest BCUT2D eigenvalue weighted by molar-refractivity contribution is 8.00. The van der Waals surface area contributed by atoms with E-state index in [1.165, 1.54) is 23.9 Å². The first-order valence-electron chi connectivity index (χ1n) is 10.4. The molecule has 1 aliphatic heterocycles. The van der Waals surface area contributed by atoms with Crippen LogP contribution in [0.3, 0.4) is 0 Å². The molecule has 0 radical (unpaired) electrons. The zero-order valence-corrected chi connectivity index (χ0v) is 18.9. The monoisotopic (exact) mass is 464 g/mol. The van der Waals surface area contributed by atoms with Crippen LogP contribution >= 0.6 is 23.1 Å². The molecule has 32 heavy (non-hydrogen) atoms. The second kappa shape index (κ2) is 9.26. The van der Waals surface area contributed by atoms with E-state index in [0.29, 0.717) is 24.7 Å². The number of amides is 1. The highest BCUT2D eigenvalue weighted by atomic mass is 32.2. The van der Waals surface area contributed by atoms with E-state index in [-0.39, 0.29) is 11.7 Å². The third-order valence-corrected chi connectivity index (χ3v) is 7.31. The number of halogens is 1. The summed E-state index contributed by atoms with van der Waals surface area (Å²) in [6, 6.07) is 18.4. The predicted molar refractivity (Wildman–Crippen MR) is 129 cm³/mol. The van der Waals surface area contributed by atoms with E-state index in [0.717, 1.165) is 39.6 Å². The molecule has 0 unspecified atom stereocenters. The highest BCUT2D eigenvalue weighted by Gasteiger charge is 2.22. The number of carbonyl (C=O) groups is 1. The van der Waals surface area contributed by atoms with Crippen LogP contribution in [0.1, 0.15) is 0 Å². The molecule has 1 fully saturated rings. The van der Waals surface area contributed by atoms with Gasteiger partial charge >= 0.3 is 0 Å². The van der Waals surface area contributed by atoms with Gasteiger partial charge in [-0.1, -0.05) is 36.0 Å². The number of aromatic nitrogens is 2. The van der Waals surface area contributed by atoms with Crippen LogP contribution < -0.4 is 4.90 Å². The van der Waals surface area contributed by atoms with Crippen LogP contribution in [0.5, 0.6) is 0 Å². The Morgan fingerprint density at radius 1 is 0.969 bits per heavy atom. The zero-order chi connectivity index (χ0) is 21.9. The molecule has 0 N–H and O–H groups in total. The number of rotatable bonds is 5. The molecule has 3 heterocycles. The van der Waals surface area contributed by atoms with Crippen LogP contribution in [0.2, 0.25) is 0 Å². The summed E-state index contributed by atoms with van der Waals surface area (Å²) in [4.78, 5) is 27.5. The molecule has 1 amide bonds. The van der Waals surface area contributed by atoms with Crippen LogP contribution in [0, 0.1) is 5.82 Å². The fourth-order valence-corrected chi connectivity index (χ4v) is 5.34. The maximum absolute atomic E-state index is 13.2. The fraction of sp³-hybridized carbons (Fsp3) is 0.208. The minimum atomic E-state index is -0.237. The summed E-state index contributed by atoms with van der Waals surface area (Å²) < 4.78 is 13.2. The maximum Gasteiger partial charge on any atom is 0.233 e. The van der Waals surface area contributed by atoms with Crippen molar-refractivity contribution >= 4 is 45.6 Å². The van der Waals surface area contributed by atoms with Crippen molar-refractivity contribution in [2.24, 2.45) is 0 Å². The van der Waals surface area contributed by atoms with Crippen LogP contribution in [0.15, 0.2) is 71.1 Å². The second-order valence-corrected chi connectivity index (χ2v) is 9.39. The molecule has 0 bridgehead atoms. The zero-order valence-electron chi connectivity index (χ0n) is 17.3. The molecular weight excluding hydrogens is 443 g/mol. The molecule has 2 aromatic carbocycles. The molecule has 5 rings (SSSR count). The SMILES string of the molecule is O=C(CSc1nc(-c2cccs2)nc2ccccc12)N1CCN(c2ccc(F)cc2)CC1. The lowest BCUT2D eigenvalue weighted by atomic mass is 10.2. The number of thioether (sulfide) groups is 1. The molecule has 5 nitrogen and oxygen atoms in total. The number of piperazine rings is 1. The average Bonchev–Trinajstić information content (AvgIpc) is 3.38. The number of thiophene rings is 1. The van der Waals surface area contributed by atoms with E-state index in [1.54, 1.807) is 23.5 Å². The quantitative estimate of drug-likeness (QED) is 0.309. The fourth-order valence-electron chi connectivity index (χ4n) is 3.76. The van der Waals surface area contributed by atoms with E-state index in [2.05, 4.69) is 4.90 Å². The summed E-state index contributed by atoms with van der Waals surface area (Å²) >= 11 is 3.07. The normalized spacial score (nSPS) is 14.2. The van der Waals surface area contributed by atoms with E-state index >= 15 is 0 Å². The van der Waals surface area contributed by atoms with E-state index < -0.39 is 0 Å². The summed E-state index contributed by atoms with van der Waals surface area (Å²) in [6.45, 7) is 2.78. The van der Waals surface area contributed by atoms with Gasteiger partial charge in [0.2, 0.25) is 5.91 Å². The van der Waals surface area contributed by atoms with Gasteiger partial charge in [-0.2, -0.15) is 0 Å². The van der Waals surface area contributed by atoms with Crippen LogP contribution in [-0.4, -0.2) is 52.7 Å². The lowest BCUT2D eigenvalue weighted by molar-refractivity contribution is -0.128. The minimum Gasteiger partial charge on any atom is -0.368 e. The number of hydrogen-bond donors (Lipinski definition) is 0. The summed E-state index contributed by atoms with van der Waals surface area (Å²) in [5, 5.41) is 3.81. The maximum atomic E-state index is 13.2. The molecule has 0 aliphatic carbocycles. The number of para-hydroxylation sites is 1. The second-order valence-electron chi connectivity index (χ2n) is 7.48. The molecule has 1 saturated heterocycles. The van der Waals surface area contributed by atoms with Crippen molar-refractivity contribution in [3.63, 3.8) is 0 Å². The molecule has 162 valence electrons. The van der Waals surface area contributed by atoms with Gasteiger partial charge in [0.1, 0.15) is 10.8 Å². The molecule has 0 saturated carbocycles. The Kier molecular flexibility index (Phi) is 6.05. The van der Waals surface area contributed by atoms with Gasteiger partial charge in [0, 0.05) is 37.3 Å². The number of hydrogen-bond acceptors (Lipinski definition) is 6. The Bertz CT molecular complexity index is 1220. The van der Waals surface area contributed by atoms with Gasteiger partial charge in [0.15, 0.2) is 5.82 Å². The van der Waals surface area contributed by atoms with Crippen molar-refractivity contribution in [2.75, 3.05) is 36.8 Å². The lowest BCUT2D eigenvalue weighted by Crippen LogP contribution is -2.49. The molecule has 4 aromatic rings. The van der Waals surface area contributed by atoms with Gasteiger partial charge in [-0.05, 0) is 41.8 Å². The van der Waals surface area contributed by atoms with Gasteiger partial charge < -0.3 is 9.80 Å². The smallest absolute Gasteiger partial charge is 0.233 e. The van der Waals surface area contributed by atoms with Gasteiger partial charge in [0.25, 0.3) is 0 Å². The molecule has 1 aliphatic rings. The van der Waals surface area contributed by atoms with Gasteiger partial charge in [0.05, 0.1) is 16.1 Å². The van der Waals surface area contributed by atoms with Crippen molar-refractivity contribution < 1.29 is 9.18 Å². The first kappa shape index (κ1) is 20.9. The summed E-state index contributed by atoms with van der Waals surface area (Å²) in [5.74, 6) is 0.899. The topological polar surface area (TPSA) is 49.3 Å². The number of nitrogens with zero attached hydrogens (tertiary/aromatic N) is 4. The number of anilines is 1. The highest BCUT2D eigenvalue weighted by Crippen LogP contribution is 2.30. The van der Waals surface area contributed by atoms with E-state index in [1.807, 2.05) is 46.7 Å². The summed E-state index contributed by atoms with van der Waals surface area (Å²) in [7, 11) is 0. The third kappa shape index (κ3) is 4.47. The van der Waals surface area contributed by atoms with Crippen molar-refractivity contribution in [3.05, 3.63) is 71.9 Å². The van der Waals surface area contributed by atoms with E-state index in [9.17, 15) is 9.18 Å². The standard InChI is InChI=1S/C24H21FN4OS2/c25-17-7-9-18(10-8-17)28-11-13-29(14-12-28)22(30)16-32-24-19-4-1-2-5-20(19)26-23(27-24)21-6-3-15-31-21/h1-10,15H,11-14,16H2. The average molecular weight is 465 g/mol. The number of carbonyl (C=O) groups excluding carboxylic acids is 1. The van der Waals surface area contributed by atoms with Gasteiger partial charge in [-0.25, -0.2) is 14.4 Å². The van der Waals surface area contributed by atoms with Crippen molar-refractivity contribution in [1.29, 1.82) is 0 Å². The number of fused-ring (bicyclic) bond motifs is 1. The van der Waals surface area contributed by atoms with Crippen molar-refractivity contribution in [1.82, 2.24) is 14.9 Å². The summed E-state index contributed by atoms with van der Waals surface area (Å²) in [5.41, 5.74) is 1.87. The minimum absolute atomic E-state index is 0.106. The molecule has 2 aromatic heterocycles. The molecule has 0 spiro atoms. The largest absolute Gasteiger partial charge is 0.368 e. The Morgan fingerprint density at radius 2 is 1.75 bits per heavy atom. The predicted octanol–water partition coefficient (Wildman–Crippen LogP) is 4.94. The van der Waals surface area contributed by atoms with Crippen LogP contribution in [-0.2, 0) is 4.79 Å². The van der Waals surface area contributed by atoms with Crippen molar-refractivity contribution in [2.45, 2.75) is 5.03 Å². The first-order chi connectivity index (χ1) is 15.7. The third-order valence-electron chi connectivity index (χ3n) is 5.47. The first-order valence-corrected chi connectivity index (χ1v) is 12.3. The Hall–Kier alpha value is -2.97. The van der Waals surface area contributed by atoms with Crippen molar-refractivity contribution in [3.8, 4) is 10.7 Å². The number of benzene rings is 2. The Morgan fingerprint density at radius 3 is 2.50 bits per heavy atom. The Balaban J connectivity index is 1.26. The van der Waals surface area contributed by atoms with Crippen LogP contribution in [0.25, 0.3) is 21.6 Å². The molecular formula is C24H21FN4OS2.